The van der Waals surface area contributed by atoms with Crippen LogP contribution in [0, 0.1) is 0 Å². The quantitative estimate of drug-likeness (QED) is 0.909. The maximum Gasteiger partial charge on any atom is 0.127 e. The third kappa shape index (κ3) is 2.68. The second-order valence-corrected chi connectivity index (χ2v) is 5.73. The zero-order valence-corrected chi connectivity index (χ0v) is 12.4. The predicted octanol–water partition coefficient (Wildman–Crippen LogP) is 1.60. The lowest BCUT2D eigenvalue weighted by molar-refractivity contribution is -0.0384. The summed E-state index contributed by atoms with van der Waals surface area (Å²) in [6.07, 6.45) is 2.41. The van der Waals surface area contributed by atoms with Crippen molar-refractivity contribution < 1.29 is 9.47 Å². The smallest absolute Gasteiger partial charge is 0.127 e. The monoisotopic (exact) mass is 276 g/mol. The van der Waals surface area contributed by atoms with E-state index in [1.807, 2.05) is 7.05 Å². The van der Waals surface area contributed by atoms with Crippen molar-refractivity contribution in [1.82, 2.24) is 10.2 Å². The summed E-state index contributed by atoms with van der Waals surface area (Å²) < 4.78 is 11.9. The normalized spacial score (nSPS) is 24.8. The summed E-state index contributed by atoms with van der Waals surface area (Å²) in [7, 11) is 4.16. The van der Waals surface area contributed by atoms with Crippen LogP contribution in [0.2, 0.25) is 0 Å². The molecule has 1 fully saturated rings. The molecule has 110 valence electrons. The average Bonchev–Trinajstić information content (AvgIpc) is 2.48. The van der Waals surface area contributed by atoms with E-state index >= 15 is 0 Å². The van der Waals surface area contributed by atoms with Crippen LogP contribution >= 0.6 is 0 Å². The third-order valence-electron chi connectivity index (χ3n) is 4.28. The zero-order valence-electron chi connectivity index (χ0n) is 12.4. The number of aryl methyl sites for hydroxylation is 1. The average molecular weight is 276 g/mol. The molecule has 2 aliphatic heterocycles. The van der Waals surface area contributed by atoms with Crippen LogP contribution in [-0.2, 0) is 11.2 Å². The molecule has 1 aromatic rings. The van der Waals surface area contributed by atoms with Crippen LogP contribution in [0.4, 0.5) is 0 Å². The van der Waals surface area contributed by atoms with Gasteiger partial charge in [-0.1, -0.05) is 18.2 Å². The molecule has 3 rings (SSSR count). The van der Waals surface area contributed by atoms with Gasteiger partial charge in [0.05, 0.1) is 25.4 Å². The Bertz CT molecular complexity index is 464. The van der Waals surface area contributed by atoms with E-state index in [2.05, 4.69) is 35.5 Å². The molecule has 0 aromatic heterocycles. The summed E-state index contributed by atoms with van der Waals surface area (Å²) in [5.41, 5.74) is 2.57. The first kappa shape index (κ1) is 13.9. The number of hydrogen-bond acceptors (Lipinski definition) is 4. The number of nitrogens with one attached hydrogen (secondary N) is 1. The number of fused-ring (bicyclic) bond motifs is 1. The molecule has 2 aliphatic rings. The lowest BCUT2D eigenvalue weighted by Gasteiger charge is -2.36. The fourth-order valence-electron chi connectivity index (χ4n) is 3.21. The van der Waals surface area contributed by atoms with Gasteiger partial charge in [-0.25, -0.2) is 0 Å². The summed E-state index contributed by atoms with van der Waals surface area (Å²) in [4.78, 5) is 2.33. The van der Waals surface area contributed by atoms with Crippen LogP contribution in [0.5, 0.6) is 5.75 Å². The van der Waals surface area contributed by atoms with Crippen LogP contribution < -0.4 is 10.1 Å². The molecule has 1 N–H and O–H groups in total. The van der Waals surface area contributed by atoms with E-state index in [9.17, 15) is 0 Å². The van der Waals surface area contributed by atoms with Crippen LogP contribution in [0.1, 0.15) is 23.6 Å². The number of morpholine rings is 1. The van der Waals surface area contributed by atoms with E-state index in [-0.39, 0.29) is 12.1 Å². The van der Waals surface area contributed by atoms with E-state index in [1.54, 1.807) is 0 Å². The topological polar surface area (TPSA) is 33.7 Å². The Morgan fingerprint density at radius 3 is 3.05 bits per heavy atom. The number of hydrogen-bond donors (Lipinski definition) is 1. The lowest BCUT2D eigenvalue weighted by Crippen LogP contribution is -2.46. The standard InChI is InChI=1S/C16H24N2O2/c1-17-15(14-11-18(2)8-10-19-14)13-7-3-5-12-6-4-9-20-16(12)13/h3,5,7,14-15,17H,4,6,8-11H2,1-2H3. The number of benzene rings is 1. The Morgan fingerprint density at radius 2 is 2.25 bits per heavy atom. The second-order valence-electron chi connectivity index (χ2n) is 5.73. The van der Waals surface area contributed by atoms with Crippen molar-refractivity contribution in [2.24, 2.45) is 0 Å². The van der Waals surface area contributed by atoms with Crippen molar-refractivity contribution in [2.45, 2.75) is 25.0 Å². The summed E-state index contributed by atoms with van der Waals surface area (Å²) >= 11 is 0. The van der Waals surface area contributed by atoms with Crippen molar-refractivity contribution in [3.05, 3.63) is 29.3 Å². The zero-order chi connectivity index (χ0) is 13.9. The number of likely N-dealkylation sites (N-methyl/N-ethyl adjacent to an activating group) is 2. The molecule has 0 spiro atoms. The molecule has 20 heavy (non-hydrogen) atoms. The van der Waals surface area contributed by atoms with Crippen LogP contribution in [-0.4, -0.2) is 51.4 Å². The largest absolute Gasteiger partial charge is 0.493 e. The molecule has 2 unspecified atom stereocenters. The summed E-state index contributed by atoms with van der Waals surface area (Å²) in [6.45, 7) is 3.59. The first-order valence-corrected chi connectivity index (χ1v) is 7.51. The summed E-state index contributed by atoms with van der Waals surface area (Å²) in [5, 5.41) is 3.43. The Kier molecular flexibility index (Phi) is 4.24. The first-order valence-electron chi connectivity index (χ1n) is 7.51. The molecule has 0 bridgehead atoms. The van der Waals surface area contributed by atoms with E-state index in [4.69, 9.17) is 9.47 Å². The SMILES string of the molecule is CNC(c1cccc2c1OCCC2)C1CN(C)CCO1. The Balaban J connectivity index is 1.89. The fraction of sp³-hybridized carbons (Fsp3) is 0.625. The highest BCUT2D eigenvalue weighted by molar-refractivity contribution is 5.45. The fourth-order valence-corrected chi connectivity index (χ4v) is 3.21. The van der Waals surface area contributed by atoms with E-state index in [1.165, 1.54) is 11.1 Å². The van der Waals surface area contributed by atoms with Crippen LogP contribution in [0.25, 0.3) is 0 Å². The molecule has 1 aromatic carbocycles. The Labute approximate surface area is 121 Å². The van der Waals surface area contributed by atoms with Crippen molar-refractivity contribution in [3.8, 4) is 5.75 Å². The highest BCUT2D eigenvalue weighted by Gasteiger charge is 2.30. The molecular weight excluding hydrogens is 252 g/mol. The second kappa shape index (κ2) is 6.12. The lowest BCUT2D eigenvalue weighted by atomic mass is 9.94. The molecule has 2 heterocycles. The van der Waals surface area contributed by atoms with E-state index in [0.29, 0.717) is 0 Å². The van der Waals surface area contributed by atoms with Gasteiger partial charge in [-0.05, 0) is 32.5 Å². The van der Waals surface area contributed by atoms with Gasteiger partial charge in [-0.15, -0.1) is 0 Å². The van der Waals surface area contributed by atoms with Crippen molar-refractivity contribution >= 4 is 0 Å². The molecule has 4 nitrogen and oxygen atoms in total. The number of ether oxygens (including phenoxy) is 2. The molecule has 0 amide bonds. The molecular formula is C16H24N2O2. The number of para-hydroxylation sites is 1. The summed E-state index contributed by atoms with van der Waals surface area (Å²) in [6, 6.07) is 6.67. The first-order chi connectivity index (χ1) is 9.79. The minimum absolute atomic E-state index is 0.177. The van der Waals surface area contributed by atoms with Crippen molar-refractivity contribution in [3.63, 3.8) is 0 Å². The van der Waals surface area contributed by atoms with Gasteiger partial charge >= 0.3 is 0 Å². The Morgan fingerprint density at radius 1 is 1.35 bits per heavy atom. The minimum atomic E-state index is 0.177. The predicted molar refractivity (Wildman–Crippen MR) is 79.3 cm³/mol. The minimum Gasteiger partial charge on any atom is -0.493 e. The number of nitrogens with zero attached hydrogens (tertiary/aromatic N) is 1. The van der Waals surface area contributed by atoms with Gasteiger partial charge in [-0.3, -0.25) is 0 Å². The van der Waals surface area contributed by atoms with E-state index in [0.717, 1.165) is 44.9 Å². The van der Waals surface area contributed by atoms with Crippen molar-refractivity contribution in [2.75, 3.05) is 40.4 Å². The molecule has 1 saturated heterocycles. The van der Waals surface area contributed by atoms with Gasteiger partial charge in [0.2, 0.25) is 0 Å². The molecule has 2 atom stereocenters. The maximum atomic E-state index is 5.99. The van der Waals surface area contributed by atoms with Gasteiger partial charge in [0.15, 0.2) is 0 Å². The third-order valence-corrected chi connectivity index (χ3v) is 4.28. The van der Waals surface area contributed by atoms with Crippen LogP contribution in [0.15, 0.2) is 18.2 Å². The van der Waals surface area contributed by atoms with Gasteiger partial charge in [0, 0.05) is 18.7 Å². The summed E-state index contributed by atoms with van der Waals surface area (Å²) in [5.74, 6) is 1.08. The van der Waals surface area contributed by atoms with Gasteiger partial charge in [0.1, 0.15) is 5.75 Å². The molecule has 0 radical (unpaired) electrons. The van der Waals surface area contributed by atoms with Crippen LogP contribution in [0.3, 0.4) is 0 Å². The maximum absolute atomic E-state index is 5.99. The Hall–Kier alpha value is -1.10. The highest BCUT2D eigenvalue weighted by atomic mass is 16.5. The van der Waals surface area contributed by atoms with Gasteiger partial charge in [0.25, 0.3) is 0 Å². The van der Waals surface area contributed by atoms with Gasteiger partial charge in [-0.2, -0.15) is 0 Å². The van der Waals surface area contributed by atoms with Gasteiger partial charge < -0.3 is 19.7 Å². The van der Waals surface area contributed by atoms with Crippen molar-refractivity contribution in [1.29, 1.82) is 0 Å². The van der Waals surface area contributed by atoms with E-state index < -0.39 is 0 Å². The number of rotatable bonds is 3. The highest BCUT2D eigenvalue weighted by Crippen LogP contribution is 2.35. The molecule has 4 heteroatoms. The molecule has 0 aliphatic carbocycles. The molecule has 0 saturated carbocycles.